The number of carbonyl (C=O) groups is 2. The van der Waals surface area contributed by atoms with Crippen molar-refractivity contribution in [2.45, 2.75) is 32.7 Å². The Morgan fingerprint density at radius 3 is 2.35 bits per heavy atom. The molecule has 0 unspecified atom stereocenters. The van der Waals surface area contributed by atoms with Crippen molar-refractivity contribution in [1.29, 1.82) is 0 Å². The van der Waals surface area contributed by atoms with Crippen molar-refractivity contribution in [3.8, 4) is 0 Å². The zero-order chi connectivity index (χ0) is 24.2. The number of carbonyl (C=O) groups excluding carboxylic acids is 2. The summed E-state index contributed by atoms with van der Waals surface area (Å²) < 4.78 is 0. The fourth-order valence-electron chi connectivity index (χ4n) is 5.06. The molecule has 0 radical (unpaired) electrons. The minimum atomic E-state index is -0.624. The van der Waals surface area contributed by atoms with Crippen LogP contribution in [-0.2, 0) is 16.0 Å². The fraction of sp³-hybridized carbons (Fsp3) is 0.481. The smallest absolute Gasteiger partial charge is 0.313 e. The van der Waals surface area contributed by atoms with E-state index in [1.807, 2.05) is 32.0 Å². The predicted octanol–water partition coefficient (Wildman–Crippen LogP) is 2.73. The van der Waals surface area contributed by atoms with E-state index < -0.39 is 11.8 Å². The van der Waals surface area contributed by atoms with Crippen molar-refractivity contribution < 1.29 is 9.59 Å². The highest BCUT2D eigenvalue weighted by Crippen LogP contribution is 2.31. The van der Waals surface area contributed by atoms with Gasteiger partial charge in [-0.25, -0.2) is 0 Å². The van der Waals surface area contributed by atoms with Crippen LogP contribution in [0.1, 0.15) is 34.7 Å². The summed E-state index contributed by atoms with van der Waals surface area (Å²) in [5, 5.41) is 5.72. The number of piperazine rings is 1. The maximum Gasteiger partial charge on any atom is 0.313 e. The Hall–Kier alpha value is -2.90. The number of likely N-dealkylation sites (N-methyl/N-ethyl adjacent to an activating group) is 1. The second-order valence-electron chi connectivity index (χ2n) is 9.70. The van der Waals surface area contributed by atoms with E-state index in [9.17, 15) is 9.59 Å². The Balaban J connectivity index is 1.49. The normalized spacial score (nSPS) is 17.7. The third kappa shape index (κ3) is 5.42. The molecule has 2 N–H and O–H groups in total. The second kappa shape index (κ2) is 10.6. The van der Waals surface area contributed by atoms with Gasteiger partial charge < -0.3 is 20.4 Å². The molecule has 182 valence electrons. The first-order chi connectivity index (χ1) is 16.3. The topological polar surface area (TPSA) is 67.9 Å². The van der Waals surface area contributed by atoms with Gasteiger partial charge in [-0.1, -0.05) is 30.3 Å². The van der Waals surface area contributed by atoms with E-state index in [0.717, 1.165) is 56.7 Å². The highest BCUT2D eigenvalue weighted by Gasteiger charge is 2.27. The molecule has 34 heavy (non-hydrogen) atoms. The van der Waals surface area contributed by atoms with Gasteiger partial charge in [-0.15, -0.1) is 0 Å². The largest absolute Gasteiger partial charge is 0.374 e. The molecule has 0 spiro atoms. The summed E-state index contributed by atoms with van der Waals surface area (Å²) in [5.74, 6) is -1.22. The van der Waals surface area contributed by atoms with Crippen LogP contribution >= 0.6 is 0 Å². The number of benzene rings is 2. The number of hydrogen-bond acceptors (Lipinski definition) is 5. The van der Waals surface area contributed by atoms with E-state index in [2.05, 4.69) is 57.6 Å². The number of anilines is 2. The molecule has 2 aromatic rings. The maximum atomic E-state index is 12.8. The summed E-state index contributed by atoms with van der Waals surface area (Å²) in [6.07, 6.45) is 2.23. The summed E-state index contributed by atoms with van der Waals surface area (Å²) in [5.41, 5.74) is 6.45. The SMILES string of the molecule is Cc1cccc(C)c1NC(=O)C(=O)NC[C@H](c1ccc2c(c1)CCCN2C)N1CCN(C)CC1. The molecular weight excluding hydrogens is 426 g/mol. The molecule has 7 nitrogen and oxygen atoms in total. The Bertz CT molecular complexity index is 1030. The maximum absolute atomic E-state index is 12.8. The highest BCUT2D eigenvalue weighted by molar-refractivity contribution is 6.39. The van der Waals surface area contributed by atoms with Crippen LogP contribution in [0.2, 0.25) is 0 Å². The first-order valence-electron chi connectivity index (χ1n) is 12.3. The number of aryl methyl sites for hydroxylation is 3. The Morgan fingerprint density at radius 1 is 0.941 bits per heavy atom. The molecule has 2 aromatic carbocycles. The van der Waals surface area contributed by atoms with Crippen LogP contribution in [0, 0.1) is 13.8 Å². The van der Waals surface area contributed by atoms with E-state index >= 15 is 0 Å². The van der Waals surface area contributed by atoms with Crippen molar-refractivity contribution in [3.63, 3.8) is 0 Å². The van der Waals surface area contributed by atoms with Gasteiger partial charge in [-0.2, -0.15) is 0 Å². The molecule has 2 heterocycles. The highest BCUT2D eigenvalue weighted by atomic mass is 16.2. The predicted molar refractivity (Wildman–Crippen MR) is 137 cm³/mol. The molecule has 7 heteroatoms. The van der Waals surface area contributed by atoms with Crippen molar-refractivity contribution in [2.75, 3.05) is 63.6 Å². The number of para-hydroxylation sites is 1. The van der Waals surface area contributed by atoms with Gasteiger partial charge in [0.2, 0.25) is 0 Å². The minimum Gasteiger partial charge on any atom is -0.374 e. The average Bonchev–Trinajstić information content (AvgIpc) is 2.82. The monoisotopic (exact) mass is 463 g/mol. The van der Waals surface area contributed by atoms with Gasteiger partial charge in [0.1, 0.15) is 0 Å². The molecule has 0 saturated carbocycles. The fourth-order valence-corrected chi connectivity index (χ4v) is 5.06. The zero-order valence-corrected chi connectivity index (χ0v) is 20.9. The van der Waals surface area contributed by atoms with Crippen molar-refractivity contribution in [3.05, 3.63) is 58.7 Å². The Kier molecular flexibility index (Phi) is 7.54. The standard InChI is InChI=1S/C27H37N5O2/c1-19-7-5-8-20(2)25(19)29-27(34)26(33)28-18-24(32-15-13-30(3)14-16-32)22-10-11-23-21(17-22)9-6-12-31(23)4/h5,7-8,10-11,17,24H,6,9,12-16,18H2,1-4H3,(H,28,33)(H,29,34)/t24-/m1/s1. The van der Waals surface area contributed by atoms with Crippen LogP contribution in [0.3, 0.4) is 0 Å². The van der Waals surface area contributed by atoms with Gasteiger partial charge in [-0.05, 0) is 62.1 Å². The lowest BCUT2D eigenvalue weighted by Gasteiger charge is -2.39. The Labute approximate surface area is 203 Å². The molecule has 2 aliphatic heterocycles. The lowest BCUT2D eigenvalue weighted by atomic mass is 9.95. The van der Waals surface area contributed by atoms with Crippen LogP contribution in [0.25, 0.3) is 0 Å². The summed E-state index contributed by atoms with van der Waals surface area (Å²) in [7, 11) is 4.28. The van der Waals surface area contributed by atoms with Crippen molar-refractivity contribution in [2.24, 2.45) is 0 Å². The van der Waals surface area contributed by atoms with Crippen molar-refractivity contribution >= 4 is 23.2 Å². The van der Waals surface area contributed by atoms with Gasteiger partial charge in [0.25, 0.3) is 0 Å². The second-order valence-corrected chi connectivity index (χ2v) is 9.70. The molecule has 1 saturated heterocycles. The van der Waals surface area contributed by atoms with Crippen LogP contribution in [0.15, 0.2) is 36.4 Å². The van der Waals surface area contributed by atoms with E-state index in [4.69, 9.17) is 0 Å². The van der Waals surface area contributed by atoms with Crippen LogP contribution < -0.4 is 15.5 Å². The van der Waals surface area contributed by atoms with Crippen LogP contribution in [0.5, 0.6) is 0 Å². The molecule has 1 fully saturated rings. The molecule has 4 rings (SSSR count). The van der Waals surface area contributed by atoms with Gasteiger partial charge >= 0.3 is 11.8 Å². The molecular formula is C27H37N5O2. The number of nitrogens with one attached hydrogen (secondary N) is 2. The summed E-state index contributed by atoms with van der Waals surface area (Å²) in [6, 6.07) is 12.5. The summed E-state index contributed by atoms with van der Waals surface area (Å²) in [4.78, 5) is 32.5. The molecule has 0 aromatic heterocycles. The quantitative estimate of drug-likeness (QED) is 0.668. The lowest BCUT2D eigenvalue weighted by molar-refractivity contribution is -0.136. The van der Waals surface area contributed by atoms with E-state index in [1.54, 1.807) is 0 Å². The first-order valence-corrected chi connectivity index (χ1v) is 12.3. The molecule has 1 atom stereocenters. The third-order valence-electron chi connectivity index (χ3n) is 7.20. The number of hydrogen-bond donors (Lipinski definition) is 2. The van der Waals surface area contributed by atoms with E-state index in [1.165, 1.54) is 16.8 Å². The first kappa shape index (κ1) is 24.2. The van der Waals surface area contributed by atoms with E-state index in [0.29, 0.717) is 12.2 Å². The average molecular weight is 464 g/mol. The number of rotatable bonds is 5. The number of amides is 2. The van der Waals surface area contributed by atoms with Gasteiger partial charge in [0.15, 0.2) is 0 Å². The number of nitrogens with zero attached hydrogens (tertiary/aromatic N) is 3. The van der Waals surface area contributed by atoms with Crippen LogP contribution in [0.4, 0.5) is 11.4 Å². The van der Waals surface area contributed by atoms with E-state index in [-0.39, 0.29) is 6.04 Å². The Morgan fingerprint density at radius 2 is 1.65 bits per heavy atom. The molecule has 2 aliphatic rings. The van der Waals surface area contributed by atoms with Crippen LogP contribution in [-0.4, -0.2) is 75.0 Å². The van der Waals surface area contributed by atoms with Crippen molar-refractivity contribution in [1.82, 2.24) is 15.1 Å². The molecule has 0 aliphatic carbocycles. The van der Waals surface area contributed by atoms with Gasteiger partial charge in [-0.3, -0.25) is 14.5 Å². The zero-order valence-electron chi connectivity index (χ0n) is 20.9. The lowest BCUT2D eigenvalue weighted by Crippen LogP contribution is -2.49. The molecule has 0 bridgehead atoms. The number of fused-ring (bicyclic) bond motifs is 1. The third-order valence-corrected chi connectivity index (χ3v) is 7.20. The minimum absolute atomic E-state index is 0.0307. The molecule has 2 amide bonds. The summed E-state index contributed by atoms with van der Waals surface area (Å²) >= 11 is 0. The summed E-state index contributed by atoms with van der Waals surface area (Å²) in [6.45, 7) is 9.19. The van der Waals surface area contributed by atoms with Gasteiger partial charge in [0, 0.05) is 57.7 Å². The van der Waals surface area contributed by atoms with Gasteiger partial charge in [0.05, 0.1) is 6.04 Å².